The summed E-state index contributed by atoms with van der Waals surface area (Å²) in [7, 11) is 0. The highest BCUT2D eigenvalue weighted by Gasteiger charge is 2.38. The van der Waals surface area contributed by atoms with E-state index in [4.69, 9.17) is 19.4 Å². The van der Waals surface area contributed by atoms with Gasteiger partial charge in [0.1, 0.15) is 11.2 Å². The van der Waals surface area contributed by atoms with E-state index in [1.807, 2.05) is 72.8 Å². The molecule has 0 atom stereocenters. The summed E-state index contributed by atoms with van der Waals surface area (Å²) in [5.74, 6) is 1.78. The number of hydrogen-bond acceptors (Lipinski definition) is 4. The van der Waals surface area contributed by atoms with Gasteiger partial charge in [-0.05, 0) is 69.4 Å². The molecule has 57 heavy (non-hydrogen) atoms. The highest BCUT2D eigenvalue weighted by atomic mass is 16.3. The third-order valence-electron chi connectivity index (χ3n) is 12.0. The Balaban J connectivity index is 1.19. The van der Waals surface area contributed by atoms with Crippen LogP contribution in [0.2, 0.25) is 0 Å². The van der Waals surface area contributed by atoms with Crippen LogP contribution >= 0.6 is 0 Å². The molecular formula is C52H34N4O. The fourth-order valence-electron chi connectivity index (χ4n) is 9.43. The Kier molecular flexibility index (Phi) is 6.62. The lowest BCUT2D eigenvalue weighted by Crippen LogP contribution is -2.15. The van der Waals surface area contributed by atoms with Crippen LogP contribution < -0.4 is 0 Å². The van der Waals surface area contributed by atoms with Crippen molar-refractivity contribution < 1.29 is 4.42 Å². The fraction of sp³-hybridized carbons (Fsp3) is 0.0577. The van der Waals surface area contributed by atoms with Crippen LogP contribution in [0.1, 0.15) is 25.0 Å². The maximum atomic E-state index is 6.90. The Morgan fingerprint density at radius 1 is 0.474 bits per heavy atom. The third-order valence-corrected chi connectivity index (χ3v) is 12.0. The van der Waals surface area contributed by atoms with Crippen LogP contribution in [0.25, 0.3) is 105 Å². The Morgan fingerprint density at radius 2 is 1.09 bits per heavy atom. The van der Waals surface area contributed by atoms with Crippen molar-refractivity contribution in [3.8, 4) is 51.0 Å². The molecule has 0 amide bonds. The Bertz CT molecular complexity index is 3370. The van der Waals surface area contributed by atoms with Gasteiger partial charge in [0.05, 0.1) is 27.7 Å². The van der Waals surface area contributed by atoms with Crippen LogP contribution in [-0.4, -0.2) is 19.5 Å². The van der Waals surface area contributed by atoms with Crippen LogP contribution in [0.4, 0.5) is 0 Å². The van der Waals surface area contributed by atoms with Gasteiger partial charge in [-0.25, -0.2) is 15.0 Å². The Hall–Kier alpha value is -7.37. The number of hydrogen-bond donors (Lipinski definition) is 0. The zero-order chi connectivity index (χ0) is 37.8. The molecule has 0 saturated carbocycles. The molecule has 1 aliphatic rings. The quantitative estimate of drug-likeness (QED) is 0.181. The van der Waals surface area contributed by atoms with E-state index in [1.54, 1.807) is 0 Å². The number of rotatable bonds is 4. The first-order valence-corrected chi connectivity index (χ1v) is 19.5. The molecule has 268 valence electrons. The van der Waals surface area contributed by atoms with Crippen LogP contribution in [-0.2, 0) is 5.41 Å². The van der Waals surface area contributed by atoms with Gasteiger partial charge in [0.2, 0.25) is 0 Å². The lowest BCUT2D eigenvalue weighted by molar-refractivity contribution is 0.666. The molecule has 0 bridgehead atoms. The molecule has 0 aliphatic heterocycles. The summed E-state index contributed by atoms with van der Waals surface area (Å²) >= 11 is 0. The van der Waals surface area contributed by atoms with E-state index in [0.717, 1.165) is 55.3 Å². The summed E-state index contributed by atoms with van der Waals surface area (Å²) in [5.41, 5.74) is 12.7. The number of fused-ring (bicyclic) bond motifs is 11. The number of aromatic nitrogens is 4. The summed E-state index contributed by atoms with van der Waals surface area (Å²) in [6.45, 7) is 4.75. The molecule has 0 unspecified atom stereocenters. The molecule has 0 N–H and O–H groups in total. The van der Waals surface area contributed by atoms with Gasteiger partial charge in [-0.3, -0.25) is 0 Å². The van der Waals surface area contributed by atoms with Gasteiger partial charge in [0, 0.05) is 32.7 Å². The van der Waals surface area contributed by atoms with Crippen molar-refractivity contribution in [1.29, 1.82) is 0 Å². The smallest absolute Gasteiger partial charge is 0.167 e. The van der Waals surface area contributed by atoms with Crippen LogP contribution in [0.5, 0.6) is 0 Å². The minimum Gasteiger partial charge on any atom is -0.455 e. The van der Waals surface area contributed by atoms with Gasteiger partial charge in [-0.1, -0.05) is 147 Å². The van der Waals surface area contributed by atoms with Gasteiger partial charge in [0.25, 0.3) is 0 Å². The van der Waals surface area contributed by atoms with Crippen LogP contribution in [0.15, 0.2) is 174 Å². The predicted molar refractivity (Wildman–Crippen MR) is 233 cm³/mol. The topological polar surface area (TPSA) is 56.7 Å². The largest absolute Gasteiger partial charge is 0.455 e. The molecule has 8 aromatic carbocycles. The highest BCUT2D eigenvalue weighted by Crippen LogP contribution is 2.54. The molecule has 11 aromatic rings. The lowest BCUT2D eigenvalue weighted by atomic mass is 9.80. The first-order chi connectivity index (χ1) is 28.0. The van der Waals surface area contributed by atoms with E-state index in [0.29, 0.717) is 17.5 Å². The summed E-state index contributed by atoms with van der Waals surface area (Å²) in [5, 5.41) is 7.00. The van der Waals surface area contributed by atoms with Crippen molar-refractivity contribution >= 4 is 54.5 Å². The summed E-state index contributed by atoms with van der Waals surface area (Å²) in [4.78, 5) is 15.2. The van der Waals surface area contributed by atoms with Crippen molar-refractivity contribution in [1.82, 2.24) is 19.5 Å². The first kappa shape index (κ1) is 31.9. The second-order valence-corrected chi connectivity index (χ2v) is 15.6. The third kappa shape index (κ3) is 4.60. The van der Waals surface area contributed by atoms with Crippen molar-refractivity contribution in [2.45, 2.75) is 19.3 Å². The van der Waals surface area contributed by atoms with Gasteiger partial charge in [0.15, 0.2) is 17.5 Å². The van der Waals surface area contributed by atoms with E-state index in [1.165, 1.54) is 43.8 Å². The SMILES string of the molecule is CC1(C)c2ccccc2-c2ccc3c(c21)c1cc2ccccc2cc1n3-c1ccc(-c2nc(-c3ccccc3)nc(-c3ccccc3)n2)c2oc3ccccc3c12. The molecule has 5 heteroatoms. The van der Waals surface area contributed by atoms with E-state index in [2.05, 4.69) is 115 Å². The monoisotopic (exact) mass is 730 g/mol. The average Bonchev–Trinajstić information content (AvgIpc) is 3.88. The predicted octanol–water partition coefficient (Wildman–Crippen LogP) is 13.3. The van der Waals surface area contributed by atoms with Gasteiger partial charge in [-0.2, -0.15) is 0 Å². The summed E-state index contributed by atoms with van der Waals surface area (Å²) in [6.07, 6.45) is 0. The molecule has 0 fully saturated rings. The summed E-state index contributed by atoms with van der Waals surface area (Å²) in [6, 6.07) is 59.9. The fourth-order valence-corrected chi connectivity index (χ4v) is 9.43. The molecule has 0 radical (unpaired) electrons. The maximum absolute atomic E-state index is 6.90. The minimum absolute atomic E-state index is 0.191. The molecule has 3 aromatic heterocycles. The lowest BCUT2D eigenvalue weighted by Gasteiger charge is -2.22. The number of furan rings is 1. The maximum Gasteiger partial charge on any atom is 0.167 e. The van der Waals surface area contributed by atoms with E-state index in [9.17, 15) is 0 Å². The molecule has 1 aliphatic carbocycles. The summed E-state index contributed by atoms with van der Waals surface area (Å²) < 4.78 is 9.36. The van der Waals surface area contributed by atoms with Crippen molar-refractivity contribution in [3.05, 3.63) is 181 Å². The zero-order valence-corrected chi connectivity index (χ0v) is 31.4. The Labute approximate surface area is 328 Å². The van der Waals surface area contributed by atoms with Crippen molar-refractivity contribution in [2.24, 2.45) is 0 Å². The average molecular weight is 731 g/mol. The zero-order valence-electron chi connectivity index (χ0n) is 31.4. The number of nitrogens with zero attached hydrogens (tertiary/aromatic N) is 4. The molecular weight excluding hydrogens is 697 g/mol. The van der Waals surface area contributed by atoms with E-state index in [-0.39, 0.29) is 5.41 Å². The highest BCUT2D eigenvalue weighted by molar-refractivity contribution is 6.20. The molecule has 3 heterocycles. The van der Waals surface area contributed by atoms with Gasteiger partial charge in [-0.15, -0.1) is 0 Å². The van der Waals surface area contributed by atoms with Crippen LogP contribution in [0, 0.1) is 0 Å². The number of benzene rings is 8. The molecule has 12 rings (SSSR count). The molecule has 0 saturated heterocycles. The first-order valence-electron chi connectivity index (χ1n) is 19.5. The second kappa shape index (κ2) is 11.8. The number of para-hydroxylation sites is 1. The molecule has 0 spiro atoms. The van der Waals surface area contributed by atoms with E-state index >= 15 is 0 Å². The standard InChI is InChI=1S/C52H34N4O/c1-52(2)40-23-13-11-21-35(40)36-25-27-41-45(47(36)52)39-29-33-19-9-10-20-34(33)30-43(39)56(41)42-28-26-38(48-46(42)37-22-12-14-24-44(37)57-48)51-54-49(31-15-5-3-6-16-31)53-50(55-51)32-17-7-4-8-18-32/h3-30H,1-2H3. The van der Waals surface area contributed by atoms with Gasteiger partial charge < -0.3 is 8.98 Å². The second-order valence-electron chi connectivity index (χ2n) is 15.6. The molecule has 5 nitrogen and oxygen atoms in total. The minimum atomic E-state index is -0.191. The Morgan fingerprint density at radius 3 is 1.84 bits per heavy atom. The van der Waals surface area contributed by atoms with E-state index < -0.39 is 0 Å². The van der Waals surface area contributed by atoms with Gasteiger partial charge >= 0.3 is 0 Å². The van der Waals surface area contributed by atoms with Crippen molar-refractivity contribution in [2.75, 3.05) is 0 Å². The van der Waals surface area contributed by atoms with Crippen molar-refractivity contribution in [3.63, 3.8) is 0 Å². The normalized spacial score (nSPS) is 13.2. The van der Waals surface area contributed by atoms with Crippen LogP contribution in [0.3, 0.4) is 0 Å².